The van der Waals surface area contributed by atoms with Crippen LogP contribution in [0.2, 0.25) is 0 Å². The molecular formula is C18H25N3O4S. The molecule has 26 heavy (non-hydrogen) atoms. The number of carbonyl (C=O) groups excluding carboxylic acids is 2. The topological polar surface area (TPSA) is 95.6 Å². The Labute approximate surface area is 154 Å². The molecule has 1 aromatic carbocycles. The van der Waals surface area contributed by atoms with Crippen molar-refractivity contribution < 1.29 is 18.0 Å². The van der Waals surface area contributed by atoms with Gasteiger partial charge in [0.25, 0.3) is 5.91 Å². The van der Waals surface area contributed by atoms with Crippen LogP contribution in [0.3, 0.4) is 0 Å². The Bertz CT molecular complexity index is 785. The third kappa shape index (κ3) is 4.70. The number of sulfonamides is 1. The van der Waals surface area contributed by atoms with E-state index in [2.05, 4.69) is 10.9 Å². The van der Waals surface area contributed by atoms with Gasteiger partial charge in [-0.2, -0.15) is 4.31 Å². The molecule has 0 spiro atoms. The molecule has 0 bridgehead atoms. The number of nitrogens with zero attached hydrogens (tertiary/aromatic N) is 1. The maximum Gasteiger partial charge on any atom is 0.269 e. The predicted octanol–water partition coefficient (Wildman–Crippen LogP) is 1.83. The van der Waals surface area contributed by atoms with Crippen molar-refractivity contribution in [3.63, 3.8) is 0 Å². The lowest BCUT2D eigenvalue weighted by Crippen LogP contribution is -2.44. The van der Waals surface area contributed by atoms with E-state index in [1.807, 2.05) is 12.2 Å². The Morgan fingerprint density at radius 3 is 2.50 bits per heavy atom. The van der Waals surface area contributed by atoms with E-state index in [9.17, 15) is 18.0 Å². The molecule has 1 aliphatic rings. The summed E-state index contributed by atoms with van der Waals surface area (Å²) in [5.41, 5.74) is 4.95. The van der Waals surface area contributed by atoms with Crippen LogP contribution in [0.4, 0.5) is 0 Å². The van der Waals surface area contributed by atoms with E-state index in [0.29, 0.717) is 19.5 Å². The molecular weight excluding hydrogens is 354 g/mol. The average molecular weight is 379 g/mol. The number of amides is 2. The summed E-state index contributed by atoms with van der Waals surface area (Å²) >= 11 is 0. The van der Waals surface area contributed by atoms with Gasteiger partial charge in [0, 0.05) is 24.6 Å². The second-order valence-corrected chi connectivity index (χ2v) is 7.98. The number of rotatable bonds is 6. The third-order valence-corrected chi connectivity index (χ3v) is 6.42. The molecule has 2 N–H and O–H groups in total. The van der Waals surface area contributed by atoms with E-state index in [0.717, 1.165) is 12.8 Å². The number of carbonyl (C=O) groups is 2. The average Bonchev–Trinajstić information content (AvgIpc) is 2.67. The van der Waals surface area contributed by atoms with E-state index in [4.69, 9.17) is 0 Å². The second kappa shape index (κ2) is 8.95. The van der Waals surface area contributed by atoms with Crippen molar-refractivity contribution in [2.24, 2.45) is 5.92 Å². The minimum atomic E-state index is -3.65. The number of nitrogens with one attached hydrogen (secondary N) is 2. The molecule has 1 atom stereocenters. The highest BCUT2D eigenvalue weighted by Crippen LogP contribution is 2.18. The Morgan fingerprint density at radius 2 is 1.88 bits per heavy atom. The minimum Gasteiger partial charge on any atom is -0.273 e. The molecule has 0 fully saturated rings. The first-order valence-electron chi connectivity index (χ1n) is 8.75. The summed E-state index contributed by atoms with van der Waals surface area (Å²) in [5, 5.41) is 0. The number of hydrazine groups is 1. The van der Waals surface area contributed by atoms with E-state index in [-0.39, 0.29) is 22.3 Å². The van der Waals surface area contributed by atoms with Crippen LogP contribution >= 0.6 is 0 Å². The summed E-state index contributed by atoms with van der Waals surface area (Å²) in [6.07, 6.45) is 6.23. The predicted molar refractivity (Wildman–Crippen MR) is 98.6 cm³/mol. The zero-order valence-corrected chi connectivity index (χ0v) is 15.9. The molecule has 7 nitrogen and oxygen atoms in total. The number of allylic oxidation sites excluding steroid dienone is 2. The standard InChI is InChI=1S/C18H25N3O4S/c1-3-21(4-2)26(24,25)16-12-8-11-15(13-16)18(23)20-19-17(22)14-9-6-5-7-10-14/h5-6,8,11-14H,3-4,7,9-10H2,1-2H3,(H,19,22)(H,20,23)/t14-/m0/s1. The van der Waals surface area contributed by atoms with Crippen molar-refractivity contribution in [1.29, 1.82) is 0 Å². The maximum atomic E-state index is 12.6. The maximum absolute atomic E-state index is 12.6. The molecule has 1 aliphatic carbocycles. The van der Waals surface area contributed by atoms with E-state index in [1.165, 1.54) is 28.6 Å². The van der Waals surface area contributed by atoms with E-state index in [1.54, 1.807) is 13.8 Å². The first-order chi connectivity index (χ1) is 12.4. The molecule has 0 heterocycles. The molecule has 2 rings (SSSR count). The molecule has 0 aliphatic heterocycles. The van der Waals surface area contributed by atoms with Crippen LogP contribution in [0.5, 0.6) is 0 Å². The van der Waals surface area contributed by atoms with Gasteiger partial charge in [-0.15, -0.1) is 0 Å². The van der Waals surface area contributed by atoms with Gasteiger partial charge >= 0.3 is 0 Å². The van der Waals surface area contributed by atoms with Crippen LogP contribution in [0, 0.1) is 5.92 Å². The largest absolute Gasteiger partial charge is 0.273 e. The fourth-order valence-corrected chi connectivity index (χ4v) is 4.34. The quantitative estimate of drug-likeness (QED) is 0.582. The van der Waals surface area contributed by atoms with Crippen LogP contribution in [-0.2, 0) is 14.8 Å². The third-order valence-electron chi connectivity index (χ3n) is 4.38. The van der Waals surface area contributed by atoms with Crippen molar-refractivity contribution in [1.82, 2.24) is 15.2 Å². The Hall–Kier alpha value is -2.19. The van der Waals surface area contributed by atoms with Gasteiger partial charge in [0.2, 0.25) is 15.9 Å². The van der Waals surface area contributed by atoms with Crippen LogP contribution in [0.1, 0.15) is 43.5 Å². The normalized spacial score (nSPS) is 17.1. The minimum absolute atomic E-state index is 0.0533. The van der Waals surface area contributed by atoms with Gasteiger partial charge in [-0.05, 0) is 37.5 Å². The summed E-state index contributed by atoms with van der Waals surface area (Å²) in [4.78, 5) is 24.4. The fourth-order valence-electron chi connectivity index (χ4n) is 2.83. The first-order valence-corrected chi connectivity index (χ1v) is 10.2. The molecule has 1 aromatic rings. The summed E-state index contributed by atoms with van der Waals surface area (Å²) in [7, 11) is -3.65. The second-order valence-electron chi connectivity index (χ2n) is 6.04. The zero-order valence-electron chi connectivity index (χ0n) is 15.1. The molecule has 0 unspecified atom stereocenters. The highest BCUT2D eigenvalue weighted by Gasteiger charge is 2.23. The van der Waals surface area contributed by atoms with Crippen LogP contribution in [0.15, 0.2) is 41.3 Å². The van der Waals surface area contributed by atoms with Gasteiger partial charge in [0.1, 0.15) is 0 Å². The molecule has 142 valence electrons. The SMILES string of the molecule is CCN(CC)S(=O)(=O)c1cccc(C(=O)NNC(=O)[C@H]2CC=CCC2)c1. The van der Waals surface area contributed by atoms with Crippen LogP contribution in [0.25, 0.3) is 0 Å². The summed E-state index contributed by atoms with van der Waals surface area (Å²) in [5.74, 6) is -0.953. The fraction of sp³-hybridized carbons (Fsp3) is 0.444. The molecule has 0 aromatic heterocycles. The van der Waals surface area contributed by atoms with Gasteiger partial charge in [0.05, 0.1) is 4.90 Å². The van der Waals surface area contributed by atoms with Gasteiger partial charge < -0.3 is 0 Å². The smallest absolute Gasteiger partial charge is 0.269 e. The molecule has 8 heteroatoms. The molecule has 2 amide bonds. The molecule has 0 saturated carbocycles. The zero-order chi connectivity index (χ0) is 19.2. The number of hydrogen-bond acceptors (Lipinski definition) is 4. The lowest BCUT2D eigenvalue weighted by Gasteiger charge is -2.19. The van der Waals surface area contributed by atoms with Crippen molar-refractivity contribution in [3.8, 4) is 0 Å². The van der Waals surface area contributed by atoms with Gasteiger partial charge in [0.15, 0.2) is 0 Å². The van der Waals surface area contributed by atoms with Crippen molar-refractivity contribution in [2.45, 2.75) is 38.0 Å². The number of hydrogen-bond donors (Lipinski definition) is 2. The van der Waals surface area contributed by atoms with E-state index >= 15 is 0 Å². The van der Waals surface area contributed by atoms with Crippen LogP contribution < -0.4 is 10.9 Å². The van der Waals surface area contributed by atoms with Crippen molar-refractivity contribution >= 4 is 21.8 Å². The lowest BCUT2D eigenvalue weighted by molar-refractivity contribution is -0.126. The Balaban J connectivity index is 2.06. The van der Waals surface area contributed by atoms with Crippen LogP contribution in [-0.4, -0.2) is 37.6 Å². The molecule has 0 radical (unpaired) electrons. The first kappa shape index (κ1) is 20.1. The number of benzene rings is 1. The lowest BCUT2D eigenvalue weighted by atomic mass is 9.94. The highest BCUT2D eigenvalue weighted by molar-refractivity contribution is 7.89. The van der Waals surface area contributed by atoms with Gasteiger partial charge in [-0.3, -0.25) is 20.4 Å². The van der Waals surface area contributed by atoms with Gasteiger partial charge in [-0.1, -0.05) is 32.1 Å². The molecule has 0 saturated heterocycles. The Kier molecular flexibility index (Phi) is 6.93. The van der Waals surface area contributed by atoms with Gasteiger partial charge in [-0.25, -0.2) is 8.42 Å². The summed E-state index contributed by atoms with van der Waals surface area (Å²) in [6, 6.07) is 5.79. The highest BCUT2D eigenvalue weighted by atomic mass is 32.2. The summed E-state index contributed by atoms with van der Waals surface area (Å²) in [6.45, 7) is 4.21. The summed E-state index contributed by atoms with van der Waals surface area (Å²) < 4.78 is 26.4. The van der Waals surface area contributed by atoms with Crippen molar-refractivity contribution in [2.75, 3.05) is 13.1 Å². The van der Waals surface area contributed by atoms with E-state index < -0.39 is 15.9 Å². The monoisotopic (exact) mass is 379 g/mol. The van der Waals surface area contributed by atoms with Crippen molar-refractivity contribution in [3.05, 3.63) is 42.0 Å². The Morgan fingerprint density at radius 1 is 1.15 bits per heavy atom.